The van der Waals surface area contributed by atoms with Crippen molar-refractivity contribution >= 4 is 46.4 Å². The lowest BCUT2D eigenvalue weighted by Gasteiger charge is -2.11. The van der Waals surface area contributed by atoms with Crippen molar-refractivity contribution in [2.45, 2.75) is 3.79 Å². The molecule has 0 saturated carbocycles. The Morgan fingerprint density at radius 3 is 2.27 bits per heavy atom. The van der Waals surface area contributed by atoms with Gasteiger partial charge in [0.2, 0.25) is 3.79 Å². The molecular weight excluding hydrogens is 226 g/mol. The number of alkyl halides is 3. The number of benzene rings is 1. The van der Waals surface area contributed by atoms with Crippen LogP contribution in [0.1, 0.15) is 5.56 Å². The minimum absolute atomic E-state index is 0.340. The standard InChI is InChI=1S/C7H3Cl4/c8-6-4-2-1-3-5(6)7(9,10)11/h1-3H. The molecule has 1 radical (unpaired) electrons. The second-order valence-corrected chi connectivity index (χ2v) is 4.55. The first-order valence-electron chi connectivity index (χ1n) is 2.75. The van der Waals surface area contributed by atoms with Gasteiger partial charge in [-0.2, -0.15) is 0 Å². The van der Waals surface area contributed by atoms with E-state index >= 15 is 0 Å². The maximum Gasteiger partial charge on any atom is 0.217 e. The summed E-state index contributed by atoms with van der Waals surface area (Å²) in [5.74, 6) is 0. The molecule has 0 bridgehead atoms. The molecule has 0 aliphatic carbocycles. The van der Waals surface area contributed by atoms with Crippen LogP contribution in [0.2, 0.25) is 5.02 Å². The van der Waals surface area contributed by atoms with Crippen LogP contribution in [-0.2, 0) is 3.79 Å². The summed E-state index contributed by atoms with van der Waals surface area (Å²) in [5, 5.41) is 0.340. The van der Waals surface area contributed by atoms with Gasteiger partial charge < -0.3 is 0 Å². The van der Waals surface area contributed by atoms with E-state index in [0.29, 0.717) is 10.6 Å². The second kappa shape index (κ2) is 3.40. The van der Waals surface area contributed by atoms with E-state index in [2.05, 4.69) is 6.07 Å². The third-order valence-corrected chi connectivity index (χ3v) is 2.03. The minimum Gasteiger partial charge on any atom is -0.0832 e. The van der Waals surface area contributed by atoms with Gasteiger partial charge in [-0.3, -0.25) is 0 Å². The van der Waals surface area contributed by atoms with Gasteiger partial charge in [0.15, 0.2) is 0 Å². The molecule has 0 aromatic heterocycles. The summed E-state index contributed by atoms with van der Waals surface area (Å²) in [4.78, 5) is 0. The summed E-state index contributed by atoms with van der Waals surface area (Å²) in [6.45, 7) is 0. The third kappa shape index (κ3) is 2.41. The van der Waals surface area contributed by atoms with Gasteiger partial charge in [0.25, 0.3) is 0 Å². The third-order valence-electron chi connectivity index (χ3n) is 1.11. The highest BCUT2D eigenvalue weighted by Crippen LogP contribution is 2.41. The molecule has 0 atom stereocenters. The molecule has 0 aliphatic rings. The molecule has 1 aromatic rings. The van der Waals surface area contributed by atoms with Gasteiger partial charge in [0, 0.05) is 11.6 Å². The van der Waals surface area contributed by atoms with Crippen molar-refractivity contribution < 1.29 is 0 Å². The maximum atomic E-state index is 5.70. The van der Waals surface area contributed by atoms with Crippen molar-refractivity contribution in [3.63, 3.8) is 0 Å². The maximum absolute atomic E-state index is 5.70. The molecular formula is C7H3Cl4. The molecule has 0 saturated heterocycles. The van der Waals surface area contributed by atoms with Crippen molar-refractivity contribution in [3.8, 4) is 0 Å². The summed E-state index contributed by atoms with van der Waals surface area (Å²) in [6, 6.07) is 7.73. The smallest absolute Gasteiger partial charge is 0.0832 e. The van der Waals surface area contributed by atoms with Gasteiger partial charge in [-0.25, -0.2) is 0 Å². The molecule has 59 valence electrons. The Balaban J connectivity index is 3.14. The summed E-state index contributed by atoms with van der Waals surface area (Å²) in [6.07, 6.45) is 0. The highest BCUT2D eigenvalue weighted by molar-refractivity contribution is 6.67. The normalized spacial score (nSPS) is 11.6. The van der Waals surface area contributed by atoms with Crippen molar-refractivity contribution in [1.29, 1.82) is 0 Å². The quantitative estimate of drug-likeness (QED) is 0.590. The van der Waals surface area contributed by atoms with Gasteiger partial charge in [0.05, 0.1) is 5.02 Å². The van der Waals surface area contributed by atoms with Gasteiger partial charge in [-0.15, -0.1) is 0 Å². The van der Waals surface area contributed by atoms with Crippen LogP contribution in [-0.4, -0.2) is 0 Å². The Morgan fingerprint density at radius 1 is 1.27 bits per heavy atom. The van der Waals surface area contributed by atoms with Crippen molar-refractivity contribution in [1.82, 2.24) is 0 Å². The summed E-state index contributed by atoms with van der Waals surface area (Å²) < 4.78 is -1.46. The molecule has 1 rings (SSSR count). The molecule has 0 amide bonds. The van der Waals surface area contributed by atoms with Crippen molar-refractivity contribution in [2.75, 3.05) is 0 Å². The van der Waals surface area contributed by atoms with Gasteiger partial charge in [0.1, 0.15) is 0 Å². The number of hydrogen-bond donors (Lipinski definition) is 0. The molecule has 4 heteroatoms. The number of rotatable bonds is 0. The number of halogens is 4. The molecule has 0 unspecified atom stereocenters. The second-order valence-electron chi connectivity index (χ2n) is 1.90. The highest BCUT2D eigenvalue weighted by Gasteiger charge is 2.24. The fraction of sp³-hybridized carbons (Fsp3) is 0.143. The predicted octanol–water partition coefficient (Wildman–Crippen LogP) is 3.97. The molecule has 0 heterocycles. The van der Waals surface area contributed by atoms with Crippen LogP contribution in [0.5, 0.6) is 0 Å². The zero-order valence-corrected chi connectivity index (χ0v) is 8.27. The molecule has 0 N–H and O–H groups in total. The summed E-state index contributed by atoms with van der Waals surface area (Å²) in [7, 11) is 0. The lowest BCUT2D eigenvalue weighted by atomic mass is 10.2. The van der Waals surface area contributed by atoms with Crippen LogP contribution >= 0.6 is 46.4 Å². The van der Waals surface area contributed by atoms with Crippen LogP contribution in [0, 0.1) is 6.07 Å². The van der Waals surface area contributed by atoms with Crippen molar-refractivity contribution in [2.24, 2.45) is 0 Å². The minimum atomic E-state index is -1.46. The van der Waals surface area contributed by atoms with E-state index in [0.717, 1.165) is 0 Å². The molecule has 11 heavy (non-hydrogen) atoms. The highest BCUT2D eigenvalue weighted by atomic mass is 35.6. The summed E-state index contributed by atoms with van der Waals surface area (Å²) in [5.41, 5.74) is 0.451. The molecule has 1 aromatic carbocycles. The first kappa shape index (κ1) is 9.47. The Morgan fingerprint density at radius 2 is 1.91 bits per heavy atom. The Hall–Kier alpha value is 0.380. The van der Waals surface area contributed by atoms with Gasteiger partial charge in [-0.05, 0) is 0 Å². The molecule has 0 aliphatic heterocycles. The van der Waals surface area contributed by atoms with Crippen molar-refractivity contribution in [3.05, 3.63) is 34.9 Å². The van der Waals surface area contributed by atoms with E-state index in [9.17, 15) is 0 Å². The van der Waals surface area contributed by atoms with Gasteiger partial charge >= 0.3 is 0 Å². The SMILES string of the molecule is Clc1[c]cccc1C(Cl)(Cl)Cl. The van der Waals surface area contributed by atoms with E-state index in [1.807, 2.05) is 0 Å². The topological polar surface area (TPSA) is 0 Å². The first-order chi connectivity index (χ1) is 5.02. The first-order valence-corrected chi connectivity index (χ1v) is 4.26. The monoisotopic (exact) mass is 227 g/mol. The van der Waals surface area contributed by atoms with E-state index < -0.39 is 3.79 Å². The number of hydrogen-bond acceptors (Lipinski definition) is 0. The largest absolute Gasteiger partial charge is 0.217 e. The fourth-order valence-electron chi connectivity index (χ4n) is 0.635. The Bertz CT molecular complexity index is 251. The van der Waals surface area contributed by atoms with Crippen LogP contribution in [0.3, 0.4) is 0 Å². The molecule has 0 spiro atoms. The average Bonchev–Trinajstić information content (AvgIpc) is 1.86. The lowest BCUT2D eigenvalue weighted by Crippen LogP contribution is -2.00. The van der Waals surface area contributed by atoms with E-state index in [1.165, 1.54) is 0 Å². The van der Waals surface area contributed by atoms with E-state index in [-0.39, 0.29) is 0 Å². The predicted molar refractivity (Wildman–Crippen MR) is 49.5 cm³/mol. The fourth-order valence-corrected chi connectivity index (χ4v) is 1.52. The Labute approximate surface area is 85.0 Å². The summed E-state index contributed by atoms with van der Waals surface area (Å²) >= 11 is 22.5. The van der Waals surface area contributed by atoms with Crippen LogP contribution in [0.25, 0.3) is 0 Å². The lowest BCUT2D eigenvalue weighted by molar-refractivity contribution is 1.24. The average molecular weight is 229 g/mol. The van der Waals surface area contributed by atoms with Crippen LogP contribution in [0.4, 0.5) is 0 Å². The zero-order valence-electron chi connectivity index (χ0n) is 5.24. The van der Waals surface area contributed by atoms with E-state index in [1.54, 1.807) is 18.2 Å². The van der Waals surface area contributed by atoms with Crippen LogP contribution < -0.4 is 0 Å². The van der Waals surface area contributed by atoms with Crippen LogP contribution in [0.15, 0.2) is 18.2 Å². The van der Waals surface area contributed by atoms with E-state index in [4.69, 9.17) is 46.4 Å². The zero-order chi connectivity index (χ0) is 8.48. The Kier molecular flexibility index (Phi) is 2.93. The molecule has 0 fully saturated rings. The van der Waals surface area contributed by atoms with Gasteiger partial charge in [-0.1, -0.05) is 64.6 Å². The molecule has 0 nitrogen and oxygen atoms in total.